The number of hydrogen-bond acceptors (Lipinski definition) is 3. The van der Waals surface area contributed by atoms with Crippen molar-refractivity contribution >= 4 is 22.6 Å². The molecule has 0 aromatic heterocycles. The van der Waals surface area contributed by atoms with Gasteiger partial charge in [-0.05, 0) is 18.5 Å². The molecule has 4 heteroatoms. The second kappa shape index (κ2) is 3.58. The van der Waals surface area contributed by atoms with E-state index in [0.29, 0.717) is 0 Å². The maximum atomic E-state index is 10.3. The Labute approximate surface area is 58.2 Å². The Hall–Kier alpha value is -0.410. The number of halogens is 1. The summed E-state index contributed by atoms with van der Waals surface area (Å²) in [5.41, 5.74) is 5.12. The molecule has 0 radical (unpaired) electrons. The fraction of sp³-hybridized carbons (Fsp3) is 0.600. The Morgan fingerprint density at radius 3 is 2.22 bits per heavy atom. The van der Waals surface area contributed by atoms with E-state index in [0.717, 1.165) is 0 Å². The van der Waals surface area contributed by atoms with E-state index < -0.39 is 11.3 Å². The van der Waals surface area contributed by atoms with E-state index in [4.69, 9.17) is 17.3 Å². The van der Waals surface area contributed by atoms with Gasteiger partial charge in [0.15, 0.2) is 0 Å². The zero-order valence-electron chi connectivity index (χ0n) is 5.06. The summed E-state index contributed by atoms with van der Waals surface area (Å²) in [7, 11) is 0. The first-order chi connectivity index (χ1) is 4.04. The van der Waals surface area contributed by atoms with E-state index >= 15 is 0 Å². The van der Waals surface area contributed by atoms with E-state index in [1.54, 1.807) is 0 Å². The van der Waals surface area contributed by atoms with Crippen molar-refractivity contribution in [1.82, 2.24) is 0 Å². The molecule has 0 spiro atoms. The molecule has 52 valence electrons. The van der Waals surface area contributed by atoms with Crippen LogP contribution < -0.4 is 5.73 Å². The lowest BCUT2D eigenvalue weighted by molar-refractivity contribution is -0.120. The minimum absolute atomic E-state index is 0.0301. The Balaban J connectivity index is 3.63. The number of ketones is 1. The molecule has 0 heterocycles. The van der Waals surface area contributed by atoms with Gasteiger partial charge >= 0.3 is 0 Å². The maximum absolute atomic E-state index is 10.3. The molecule has 2 N–H and O–H groups in total. The lowest BCUT2D eigenvalue weighted by atomic mass is 10.2. The van der Waals surface area contributed by atoms with E-state index in [1.165, 1.54) is 6.92 Å². The molecule has 0 fully saturated rings. The van der Waals surface area contributed by atoms with Crippen molar-refractivity contribution in [2.24, 2.45) is 5.73 Å². The molecule has 0 amide bonds. The molecule has 0 aliphatic rings. The molecule has 0 aromatic carbocycles. The topological polar surface area (TPSA) is 60.2 Å². The van der Waals surface area contributed by atoms with Gasteiger partial charge in [-0.25, -0.2) is 0 Å². The second-order valence-corrected chi connectivity index (χ2v) is 2.19. The van der Waals surface area contributed by atoms with Gasteiger partial charge in [-0.2, -0.15) is 0 Å². The maximum Gasteiger partial charge on any atom is 0.238 e. The van der Waals surface area contributed by atoms with Crippen molar-refractivity contribution in [3.8, 4) is 0 Å². The SMILES string of the molecule is CC(=O)CC(N)C(=O)Cl. The zero-order chi connectivity index (χ0) is 7.44. The fourth-order valence-electron chi connectivity index (χ4n) is 0.390. The number of carbonyl (C=O) groups is 2. The van der Waals surface area contributed by atoms with Crippen LogP contribution in [0.3, 0.4) is 0 Å². The highest BCUT2D eigenvalue weighted by atomic mass is 35.5. The van der Waals surface area contributed by atoms with Crippen molar-refractivity contribution in [3.63, 3.8) is 0 Å². The van der Waals surface area contributed by atoms with Crippen molar-refractivity contribution < 1.29 is 9.59 Å². The number of rotatable bonds is 3. The van der Waals surface area contributed by atoms with Crippen LogP contribution >= 0.6 is 11.6 Å². The highest BCUT2D eigenvalue weighted by molar-refractivity contribution is 6.64. The molecule has 1 atom stereocenters. The average molecular weight is 150 g/mol. The summed E-state index contributed by atoms with van der Waals surface area (Å²) in [4.78, 5) is 20.4. The predicted molar refractivity (Wildman–Crippen MR) is 34.1 cm³/mol. The van der Waals surface area contributed by atoms with Crippen molar-refractivity contribution in [3.05, 3.63) is 0 Å². The number of carbonyl (C=O) groups excluding carboxylic acids is 2. The molecular formula is C5H8ClNO2. The monoisotopic (exact) mass is 149 g/mol. The first kappa shape index (κ1) is 8.59. The van der Waals surface area contributed by atoms with Gasteiger partial charge in [0.05, 0.1) is 6.04 Å². The zero-order valence-corrected chi connectivity index (χ0v) is 5.81. The van der Waals surface area contributed by atoms with Gasteiger partial charge in [-0.15, -0.1) is 0 Å². The lowest BCUT2D eigenvalue weighted by Crippen LogP contribution is -2.28. The third-order valence-corrected chi connectivity index (χ3v) is 1.08. The van der Waals surface area contributed by atoms with Gasteiger partial charge in [-0.3, -0.25) is 9.59 Å². The Bertz CT molecular complexity index is 135. The quantitative estimate of drug-likeness (QED) is 0.578. The van der Waals surface area contributed by atoms with Crippen LogP contribution in [0.2, 0.25) is 0 Å². The summed E-state index contributed by atoms with van der Waals surface area (Å²) < 4.78 is 0. The van der Waals surface area contributed by atoms with Gasteiger partial charge in [0.2, 0.25) is 5.24 Å². The highest BCUT2D eigenvalue weighted by Crippen LogP contribution is 1.93. The van der Waals surface area contributed by atoms with Gasteiger partial charge in [0, 0.05) is 6.42 Å². The van der Waals surface area contributed by atoms with Gasteiger partial charge in [-0.1, -0.05) is 0 Å². The Morgan fingerprint density at radius 1 is 1.67 bits per heavy atom. The minimum atomic E-state index is -0.829. The van der Waals surface area contributed by atoms with Crippen LogP contribution in [0.5, 0.6) is 0 Å². The summed E-state index contributed by atoms with van der Waals surface area (Å²) in [6, 6.07) is -0.829. The second-order valence-electron chi connectivity index (χ2n) is 1.82. The van der Waals surface area contributed by atoms with Gasteiger partial charge < -0.3 is 5.73 Å². The molecule has 0 saturated heterocycles. The average Bonchev–Trinajstić information content (AvgIpc) is 1.63. The molecule has 0 aromatic rings. The van der Waals surface area contributed by atoms with Gasteiger partial charge in [0.25, 0.3) is 0 Å². The lowest BCUT2D eigenvalue weighted by Gasteiger charge is -1.99. The molecule has 0 rings (SSSR count). The summed E-state index contributed by atoms with van der Waals surface area (Å²) in [6.45, 7) is 1.36. The van der Waals surface area contributed by atoms with Crippen molar-refractivity contribution in [2.45, 2.75) is 19.4 Å². The molecule has 9 heavy (non-hydrogen) atoms. The normalized spacial score (nSPS) is 12.8. The van der Waals surface area contributed by atoms with Crippen molar-refractivity contribution in [2.75, 3.05) is 0 Å². The van der Waals surface area contributed by atoms with E-state index in [9.17, 15) is 9.59 Å². The molecule has 0 aliphatic heterocycles. The summed E-state index contributed by atoms with van der Waals surface area (Å²) in [5.74, 6) is -0.128. The predicted octanol–water partition coefficient (Wildman–Crippen LogP) is 0.0582. The molecule has 0 aliphatic carbocycles. The molecule has 0 saturated carbocycles. The summed E-state index contributed by atoms with van der Waals surface area (Å²) >= 11 is 4.96. The minimum Gasteiger partial charge on any atom is -0.320 e. The molecule has 1 unspecified atom stereocenters. The van der Waals surface area contributed by atoms with Crippen LogP contribution in [0, 0.1) is 0 Å². The molecule has 0 bridgehead atoms. The number of nitrogens with two attached hydrogens (primary N) is 1. The van der Waals surface area contributed by atoms with Crippen LogP contribution in [-0.2, 0) is 9.59 Å². The van der Waals surface area contributed by atoms with Crippen LogP contribution in [0.4, 0.5) is 0 Å². The smallest absolute Gasteiger partial charge is 0.238 e. The first-order valence-electron chi connectivity index (χ1n) is 2.48. The number of Topliss-reactive ketones (excluding diaryl/α,β-unsaturated/α-hetero) is 1. The largest absolute Gasteiger partial charge is 0.320 e. The van der Waals surface area contributed by atoms with Crippen molar-refractivity contribution in [1.29, 1.82) is 0 Å². The van der Waals surface area contributed by atoms with Crippen LogP contribution in [0.25, 0.3) is 0 Å². The fourth-order valence-corrected chi connectivity index (χ4v) is 0.467. The van der Waals surface area contributed by atoms with Crippen LogP contribution in [0.15, 0.2) is 0 Å². The Morgan fingerprint density at radius 2 is 2.11 bits per heavy atom. The summed E-state index contributed by atoms with van der Waals surface area (Å²) in [5, 5.41) is -0.662. The van der Waals surface area contributed by atoms with Gasteiger partial charge in [0.1, 0.15) is 5.78 Å². The van der Waals surface area contributed by atoms with E-state index in [-0.39, 0.29) is 12.2 Å². The number of hydrogen-bond donors (Lipinski definition) is 1. The third-order valence-electron chi connectivity index (χ3n) is 0.799. The van der Waals surface area contributed by atoms with E-state index in [2.05, 4.69) is 0 Å². The first-order valence-corrected chi connectivity index (χ1v) is 2.86. The highest BCUT2D eigenvalue weighted by Gasteiger charge is 2.11. The third kappa shape index (κ3) is 4.12. The van der Waals surface area contributed by atoms with Crippen LogP contribution in [-0.4, -0.2) is 17.1 Å². The summed E-state index contributed by atoms with van der Waals surface area (Å²) in [6.07, 6.45) is 0.0301. The van der Waals surface area contributed by atoms with E-state index in [1.807, 2.05) is 0 Å². The van der Waals surface area contributed by atoms with Crippen LogP contribution in [0.1, 0.15) is 13.3 Å². The molecular weight excluding hydrogens is 142 g/mol. The standard InChI is InChI=1S/C5H8ClNO2/c1-3(8)2-4(7)5(6)9/h4H,2,7H2,1H3. The Kier molecular flexibility index (Phi) is 3.42. The molecule has 3 nitrogen and oxygen atoms in total.